The maximum atomic E-state index is 11.3. The number of nitrogens with two attached hydrogens (primary N) is 1. The molecule has 108 valence electrons. The summed E-state index contributed by atoms with van der Waals surface area (Å²) in [6, 6.07) is -0.217. The first kappa shape index (κ1) is 17.4. The van der Waals surface area contributed by atoms with Gasteiger partial charge in [-0.05, 0) is 32.9 Å². The predicted octanol–water partition coefficient (Wildman–Crippen LogP) is 0.588. The summed E-state index contributed by atoms with van der Waals surface area (Å²) in [5.74, 6) is -0.260. The number of carbonyl (C=O) groups excluding carboxylic acids is 1. The molecule has 0 aromatic carbocycles. The van der Waals surface area contributed by atoms with Crippen molar-refractivity contribution in [2.24, 2.45) is 5.73 Å². The van der Waals surface area contributed by atoms with E-state index in [1.54, 1.807) is 0 Å². The first-order valence-electron chi connectivity index (χ1n) is 6.98. The monoisotopic (exact) mass is 259 g/mol. The molecule has 1 atom stereocenters. The van der Waals surface area contributed by atoms with Crippen molar-refractivity contribution in [3.05, 3.63) is 0 Å². The van der Waals surface area contributed by atoms with E-state index in [9.17, 15) is 4.79 Å². The molecule has 5 nitrogen and oxygen atoms in total. The number of carbonyl (C=O) groups is 1. The van der Waals surface area contributed by atoms with Crippen LogP contribution in [0, 0.1) is 0 Å². The number of hydrogen-bond acceptors (Lipinski definition) is 4. The van der Waals surface area contributed by atoms with Crippen LogP contribution in [0.2, 0.25) is 0 Å². The molecule has 1 amide bonds. The third-order valence-corrected chi connectivity index (χ3v) is 2.92. The quantitative estimate of drug-likeness (QED) is 0.503. The summed E-state index contributed by atoms with van der Waals surface area (Å²) in [7, 11) is 0. The van der Waals surface area contributed by atoms with Crippen LogP contribution in [0.3, 0.4) is 0 Å². The number of hydrogen-bond donors (Lipinski definition) is 2. The van der Waals surface area contributed by atoms with Gasteiger partial charge in [0.1, 0.15) is 0 Å². The molecule has 0 aromatic heterocycles. The van der Waals surface area contributed by atoms with Crippen LogP contribution in [-0.2, 0) is 9.53 Å². The standard InChI is InChI=1S/C13H29N3O2/c1-4-8-15-12(13(14)17)7-9-16(5-2)10-11-18-6-3/h12,15H,4-11H2,1-3H3,(H2,14,17). The number of rotatable bonds is 12. The van der Waals surface area contributed by atoms with Crippen molar-refractivity contribution in [2.75, 3.05) is 39.4 Å². The van der Waals surface area contributed by atoms with Crippen LogP contribution in [0.15, 0.2) is 0 Å². The van der Waals surface area contributed by atoms with Gasteiger partial charge in [-0.15, -0.1) is 0 Å². The Kier molecular flexibility index (Phi) is 11.0. The Hall–Kier alpha value is -0.650. The summed E-state index contributed by atoms with van der Waals surface area (Å²) in [5, 5.41) is 3.18. The minimum atomic E-state index is -0.260. The fourth-order valence-electron chi connectivity index (χ4n) is 1.74. The minimum absolute atomic E-state index is 0.217. The third kappa shape index (κ3) is 8.44. The Bertz CT molecular complexity index is 212. The first-order chi connectivity index (χ1) is 8.65. The number of amides is 1. The maximum Gasteiger partial charge on any atom is 0.234 e. The fraction of sp³-hybridized carbons (Fsp3) is 0.923. The van der Waals surface area contributed by atoms with Crippen LogP contribution >= 0.6 is 0 Å². The van der Waals surface area contributed by atoms with Gasteiger partial charge >= 0.3 is 0 Å². The zero-order valence-corrected chi connectivity index (χ0v) is 12.1. The lowest BCUT2D eigenvalue weighted by atomic mass is 10.2. The van der Waals surface area contributed by atoms with E-state index in [1.165, 1.54) is 0 Å². The van der Waals surface area contributed by atoms with Crippen molar-refractivity contribution in [1.82, 2.24) is 10.2 Å². The van der Waals surface area contributed by atoms with Gasteiger partial charge in [-0.1, -0.05) is 13.8 Å². The lowest BCUT2D eigenvalue weighted by Gasteiger charge is -2.23. The van der Waals surface area contributed by atoms with Crippen molar-refractivity contribution in [3.8, 4) is 0 Å². The van der Waals surface area contributed by atoms with Crippen LogP contribution in [0.5, 0.6) is 0 Å². The van der Waals surface area contributed by atoms with E-state index in [1.807, 2.05) is 6.92 Å². The highest BCUT2D eigenvalue weighted by atomic mass is 16.5. The first-order valence-corrected chi connectivity index (χ1v) is 6.98. The zero-order valence-electron chi connectivity index (χ0n) is 12.1. The van der Waals surface area contributed by atoms with E-state index in [0.29, 0.717) is 0 Å². The van der Waals surface area contributed by atoms with Gasteiger partial charge in [-0.2, -0.15) is 0 Å². The van der Waals surface area contributed by atoms with Gasteiger partial charge in [0.25, 0.3) is 0 Å². The number of ether oxygens (including phenoxy) is 1. The molecule has 18 heavy (non-hydrogen) atoms. The molecule has 0 heterocycles. The number of nitrogens with zero attached hydrogens (tertiary/aromatic N) is 1. The summed E-state index contributed by atoms with van der Waals surface area (Å²) in [6.45, 7) is 11.3. The second kappa shape index (κ2) is 11.4. The van der Waals surface area contributed by atoms with Gasteiger partial charge in [0, 0.05) is 19.7 Å². The van der Waals surface area contributed by atoms with Crippen molar-refractivity contribution in [3.63, 3.8) is 0 Å². The summed E-state index contributed by atoms with van der Waals surface area (Å²) < 4.78 is 5.34. The van der Waals surface area contributed by atoms with Gasteiger partial charge in [-0.3, -0.25) is 4.79 Å². The number of likely N-dealkylation sites (N-methyl/N-ethyl adjacent to an activating group) is 1. The molecule has 0 aromatic rings. The van der Waals surface area contributed by atoms with Gasteiger partial charge in [0.2, 0.25) is 5.91 Å². The SMILES string of the molecule is CCCNC(CCN(CC)CCOCC)C(N)=O. The number of primary amides is 1. The largest absolute Gasteiger partial charge is 0.380 e. The average Bonchev–Trinajstić information content (AvgIpc) is 2.36. The summed E-state index contributed by atoms with van der Waals surface area (Å²) in [4.78, 5) is 13.6. The Balaban J connectivity index is 3.93. The molecule has 0 rings (SSSR count). The van der Waals surface area contributed by atoms with Crippen LogP contribution < -0.4 is 11.1 Å². The second-order valence-corrected chi connectivity index (χ2v) is 4.33. The number of nitrogens with one attached hydrogen (secondary N) is 1. The molecular formula is C13H29N3O2. The summed E-state index contributed by atoms with van der Waals surface area (Å²) in [6.07, 6.45) is 1.76. The normalized spacial score (nSPS) is 12.9. The van der Waals surface area contributed by atoms with Gasteiger partial charge in [0.05, 0.1) is 12.6 Å². The Morgan fingerprint density at radius 2 is 2.06 bits per heavy atom. The molecule has 3 N–H and O–H groups in total. The Morgan fingerprint density at radius 3 is 2.56 bits per heavy atom. The highest BCUT2D eigenvalue weighted by molar-refractivity contribution is 5.79. The molecule has 5 heteroatoms. The highest BCUT2D eigenvalue weighted by Crippen LogP contribution is 1.97. The minimum Gasteiger partial charge on any atom is -0.380 e. The third-order valence-electron chi connectivity index (χ3n) is 2.92. The smallest absolute Gasteiger partial charge is 0.234 e. The molecule has 0 fully saturated rings. The fourth-order valence-corrected chi connectivity index (χ4v) is 1.74. The van der Waals surface area contributed by atoms with E-state index in [-0.39, 0.29) is 11.9 Å². The highest BCUT2D eigenvalue weighted by Gasteiger charge is 2.15. The lowest BCUT2D eigenvalue weighted by molar-refractivity contribution is -0.120. The van der Waals surface area contributed by atoms with Crippen LogP contribution in [0.4, 0.5) is 0 Å². The van der Waals surface area contributed by atoms with Crippen LogP contribution in [-0.4, -0.2) is 56.2 Å². The van der Waals surface area contributed by atoms with E-state index < -0.39 is 0 Å². The molecule has 0 radical (unpaired) electrons. The van der Waals surface area contributed by atoms with Crippen LogP contribution in [0.25, 0.3) is 0 Å². The molecule has 1 unspecified atom stereocenters. The van der Waals surface area contributed by atoms with Crippen LogP contribution in [0.1, 0.15) is 33.6 Å². The van der Waals surface area contributed by atoms with Crippen molar-refractivity contribution >= 4 is 5.91 Å². The molecule has 0 aliphatic heterocycles. The molecule has 0 saturated heterocycles. The van der Waals surface area contributed by atoms with E-state index in [4.69, 9.17) is 10.5 Å². The zero-order chi connectivity index (χ0) is 13.8. The molecule has 0 saturated carbocycles. The van der Waals surface area contributed by atoms with Gasteiger partial charge in [0.15, 0.2) is 0 Å². The molecule has 0 bridgehead atoms. The molecule has 0 aliphatic rings. The average molecular weight is 259 g/mol. The van der Waals surface area contributed by atoms with Gasteiger partial charge in [-0.25, -0.2) is 0 Å². The Labute approximate surface area is 111 Å². The molecule has 0 spiro atoms. The second-order valence-electron chi connectivity index (χ2n) is 4.33. The molecule has 0 aliphatic carbocycles. The van der Waals surface area contributed by atoms with Gasteiger partial charge < -0.3 is 20.7 Å². The van der Waals surface area contributed by atoms with E-state index >= 15 is 0 Å². The predicted molar refractivity (Wildman–Crippen MR) is 74.5 cm³/mol. The van der Waals surface area contributed by atoms with E-state index in [0.717, 1.165) is 52.2 Å². The molecular weight excluding hydrogens is 230 g/mol. The van der Waals surface area contributed by atoms with Crippen molar-refractivity contribution in [2.45, 2.75) is 39.7 Å². The lowest BCUT2D eigenvalue weighted by Crippen LogP contribution is -2.44. The van der Waals surface area contributed by atoms with Crippen molar-refractivity contribution < 1.29 is 9.53 Å². The van der Waals surface area contributed by atoms with E-state index in [2.05, 4.69) is 24.1 Å². The van der Waals surface area contributed by atoms with Crippen molar-refractivity contribution in [1.29, 1.82) is 0 Å². The maximum absolute atomic E-state index is 11.3. The topological polar surface area (TPSA) is 67.6 Å². The summed E-state index contributed by atoms with van der Waals surface area (Å²) in [5.41, 5.74) is 5.38. The Morgan fingerprint density at radius 1 is 1.33 bits per heavy atom. The summed E-state index contributed by atoms with van der Waals surface area (Å²) >= 11 is 0.